The summed E-state index contributed by atoms with van der Waals surface area (Å²) < 4.78 is 26.7. The van der Waals surface area contributed by atoms with E-state index in [1.54, 1.807) is 21.3 Å². The van der Waals surface area contributed by atoms with Crippen molar-refractivity contribution >= 4 is 17.0 Å². The fraction of sp³-hybridized carbons (Fsp3) is 0.333. The second-order valence-electron chi connectivity index (χ2n) is 5.55. The Morgan fingerprint density at radius 3 is 2.63 bits per heavy atom. The number of fused-ring (bicyclic) bond motifs is 1. The summed E-state index contributed by atoms with van der Waals surface area (Å²) >= 11 is 0. The molecule has 9 nitrogen and oxygen atoms in total. The number of rotatable bonds is 9. The number of hydrogen-bond donors (Lipinski definition) is 2. The highest BCUT2D eigenvalue weighted by Crippen LogP contribution is 2.38. The van der Waals surface area contributed by atoms with E-state index in [2.05, 4.69) is 15.0 Å². The SMILES string of the molecule is COCCOCOc1ccc(-c2c[nH]c3nc(N)nc(OC)c23)cc1OC. The van der Waals surface area contributed by atoms with Crippen LogP contribution in [0.2, 0.25) is 0 Å². The van der Waals surface area contributed by atoms with Gasteiger partial charge >= 0.3 is 0 Å². The number of benzene rings is 1. The Balaban J connectivity index is 1.88. The van der Waals surface area contributed by atoms with Crippen LogP contribution < -0.4 is 19.9 Å². The Labute approximate surface area is 156 Å². The number of ether oxygens (including phenoxy) is 5. The second-order valence-corrected chi connectivity index (χ2v) is 5.55. The maximum Gasteiger partial charge on any atom is 0.228 e. The number of hydrogen-bond acceptors (Lipinski definition) is 8. The predicted molar refractivity (Wildman–Crippen MR) is 100 cm³/mol. The average Bonchev–Trinajstić information content (AvgIpc) is 3.11. The summed E-state index contributed by atoms with van der Waals surface area (Å²) in [5.74, 6) is 1.70. The summed E-state index contributed by atoms with van der Waals surface area (Å²) in [4.78, 5) is 11.4. The van der Waals surface area contributed by atoms with Crippen molar-refractivity contribution in [1.82, 2.24) is 15.0 Å². The Morgan fingerprint density at radius 2 is 1.89 bits per heavy atom. The Hall–Kier alpha value is -3.04. The van der Waals surface area contributed by atoms with Crippen LogP contribution in [0.3, 0.4) is 0 Å². The number of H-pyrrole nitrogens is 1. The van der Waals surface area contributed by atoms with E-state index in [9.17, 15) is 0 Å². The molecule has 27 heavy (non-hydrogen) atoms. The largest absolute Gasteiger partial charge is 0.493 e. The van der Waals surface area contributed by atoms with Gasteiger partial charge in [-0.25, -0.2) is 0 Å². The predicted octanol–water partition coefficient (Wildman–Crippen LogP) is 2.22. The molecule has 0 aliphatic rings. The lowest BCUT2D eigenvalue weighted by Crippen LogP contribution is -2.08. The molecule has 2 aromatic heterocycles. The first kappa shape index (κ1) is 18.7. The van der Waals surface area contributed by atoms with Gasteiger partial charge in [0.2, 0.25) is 11.8 Å². The highest BCUT2D eigenvalue weighted by atomic mass is 16.7. The van der Waals surface area contributed by atoms with Crippen LogP contribution in [0.1, 0.15) is 0 Å². The Kier molecular flexibility index (Phi) is 5.94. The standard InChI is InChI=1S/C18H22N4O5/c1-23-6-7-26-10-27-13-5-4-11(8-14(13)24-2)12-9-20-16-15(12)17(25-3)22-18(19)21-16/h4-5,8-9H,6-7,10H2,1-3H3,(H3,19,20,21,22). The molecule has 0 bridgehead atoms. The van der Waals surface area contributed by atoms with E-state index in [0.717, 1.165) is 16.5 Å². The van der Waals surface area contributed by atoms with E-state index in [-0.39, 0.29) is 12.7 Å². The topological polar surface area (TPSA) is 114 Å². The minimum atomic E-state index is 0.104. The fourth-order valence-electron chi connectivity index (χ4n) is 2.65. The third-order valence-corrected chi connectivity index (χ3v) is 3.91. The molecule has 0 saturated carbocycles. The number of nitrogens with zero attached hydrogens (tertiary/aromatic N) is 2. The van der Waals surface area contributed by atoms with E-state index < -0.39 is 0 Å². The van der Waals surface area contributed by atoms with E-state index >= 15 is 0 Å². The van der Waals surface area contributed by atoms with Crippen LogP contribution >= 0.6 is 0 Å². The fourth-order valence-corrected chi connectivity index (χ4v) is 2.65. The lowest BCUT2D eigenvalue weighted by Gasteiger charge is -2.12. The van der Waals surface area contributed by atoms with Crippen LogP contribution in [0.15, 0.2) is 24.4 Å². The summed E-state index contributed by atoms with van der Waals surface area (Å²) in [5.41, 5.74) is 8.06. The van der Waals surface area contributed by atoms with Crippen LogP contribution in [-0.4, -0.2) is 56.3 Å². The van der Waals surface area contributed by atoms with Crippen molar-refractivity contribution in [1.29, 1.82) is 0 Å². The number of methoxy groups -OCH3 is 3. The van der Waals surface area contributed by atoms with Crippen molar-refractivity contribution < 1.29 is 23.7 Å². The quantitative estimate of drug-likeness (QED) is 0.433. The van der Waals surface area contributed by atoms with Crippen molar-refractivity contribution in [2.45, 2.75) is 0 Å². The number of nitrogens with two attached hydrogens (primary N) is 1. The van der Waals surface area contributed by atoms with Crippen molar-refractivity contribution in [3.8, 4) is 28.5 Å². The molecule has 0 radical (unpaired) electrons. The van der Waals surface area contributed by atoms with Crippen LogP contribution in [0.25, 0.3) is 22.2 Å². The maximum absolute atomic E-state index is 5.71. The normalized spacial score (nSPS) is 10.9. The van der Waals surface area contributed by atoms with Gasteiger partial charge in [0, 0.05) is 18.9 Å². The van der Waals surface area contributed by atoms with Gasteiger partial charge in [0.1, 0.15) is 5.65 Å². The van der Waals surface area contributed by atoms with Crippen LogP contribution in [-0.2, 0) is 9.47 Å². The van der Waals surface area contributed by atoms with Crippen molar-refractivity contribution in [2.24, 2.45) is 0 Å². The molecule has 0 atom stereocenters. The summed E-state index contributed by atoms with van der Waals surface area (Å²) in [6, 6.07) is 5.59. The second kappa shape index (κ2) is 8.56. The van der Waals surface area contributed by atoms with Gasteiger partial charge < -0.3 is 34.4 Å². The highest BCUT2D eigenvalue weighted by molar-refractivity contribution is 5.97. The Morgan fingerprint density at radius 1 is 1.04 bits per heavy atom. The summed E-state index contributed by atoms with van der Waals surface area (Å²) in [6.45, 7) is 1.07. The van der Waals surface area contributed by atoms with Gasteiger partial charge in [0.25, 0.3) is 0 Å². The summed E-state index contributed by atoms with van der Waals surface area (Å²) in [7, 11) is 4.74. The molecule has 0 aliphatic carbocycles. The number of nitrogens with one attached hydrogen (secondary N) is 1. The minimum absolute atomic E-state index is 0.104. The van der Waals surface area contributed by atoms with Gasteiger partial charge in [0.15, 0.2) is 18.3 Å². The zero-order chi connectivity index (χ0) is 19.2. The third kappa shape index (κ3) is 4.04. The number of nitrogen functional groups attached to an aromatic ring is 1. The van der Waals surface area contributed by atoms with E-state index in [4.69, 9.17) is 29.4 Å². The highest BCUT2D eigenvalue weighted by Gasteiger charge is 2.16. The first-order valence-corrected chi connectivity index (χ1v) is 8.24. The molecular weight excluding hydrogens is 352 g/mol. The molecule has 9 heteroatoms. The maximum atomic E-state index is 5.71. The first-order valence-electron chi connectivity index (χ1n) is 8.24. The molecule has 3 N–H and O–H groups in total. The molecule has 3 aromatic rings. The molecule has 0 amide bonds. The molecule has 0 saturated heterocycles. The van der Waals surface area contributed by atoms with E-state index in [1.165, 1.54) is 0 Å². The monoisotopic (exact) mass is 374 g/mol. The minimum Gasteiger partial charge on any atom is -0.493 e. The third-order valence-electron chi connectivity index (χ3n) is 3.91. The van der Waals surface area contributed by atoms with Crippen molar-refractivity contribution in [2.75, 3.05) is 47.1 Å². The molecule has 0 fully saturated rings. The van der Waals surface area contributed by atoms with Gasteiger partial charge in [-0.1, -0.05) is 6.07 Å². The van der Waals surface area contributed by atoms with E-state index in [0.29, 0.717) is 36.2 Å². The van der Waals surface area contributed by atoms with Crippen LogP contribution in [0, 0.1) is 0 Å². The van der Waals surface area contributed by atoms with Crippen LogP contribution in [0.5, 0.6) is 17.4 Å². The molecule has 0 unspecified atom stereocenters. The van der Waals surface area contributed by atoms with E-state index in [1.807, 2.05) is 24.4 Å². The Bertz CT molecular complexity index is 912. The zero-order valence-electron chi connectivity index (χ0n) is 15.4. The number of anilines is 1. The summed E-state index contributed by atoms with van der Waals surface area (Å²) in [6.07, 6.45) is 1.82. The smallest absolute Gasteiger partial charge is 0.228 e. The summed E-state index contributed by atoms with van der Waals surface area (Å²) in [5, 5.41) is 0.741. The molecule has 0 aliphatic heterocycles. The van der Waals surface area contributed by atoms with Gasteiger partial charge in [-0.15, -0.1) is 0 Å². The lowest BCUT2D eigenvalue weighted by atomic mass is 10.1. The molecule has 144 valence electrons. The zero-order valence-corrected chi connectivity index (χ0v) is 15.4. The molecule has 3 rings (SSSR count). The van der Waals surface area contributed by atoms with Crippen molar-refractivity contribution in [3.05, 3.63) is 24.4 Å². The first-order chi connectivity index (χ1) is 13.2. The van der Waals surface area contributed by atoms with Crippen molar-refractivity contribution in [3.63, 3.8) is 0 Å². The molecule has 2 heterocycles. The molecule has 0 spiro atoms. The van der Waals surface area contributed by atoms with Gasteiger partial charge in [-0.3, -0.25) is 0 Å². The average molecular weight is 374 g/mol. The number of aromatic amines is 1. The van der Waals surface area contributed by atoms with Gasteiger partial charge in [0.05, 0.1) is 32.8 Å². The molecular formula is C18H22N4O5. The van der Waals surface area contributed by atoms with Gasteiger partial charge in [-0.05, 0) is 17.7 Å². The molecule has 1 aromatic carbocycles. The number of aromatic nitrogens is 3. The lowest BCUT2D eigenvalue weighted by molar-refractivity contribution is -0.00944. The van der Waals surface area contributed by atoms with Gasteiger partial charge in [-0.2, -0.15) is 9.97 Å². The van der Waals surface area contributed by atoms with Crippen LogP contribution in [0.4, 0.5) is 5.95 Å².